The third-order valence-electron chi connectivity index (χ3n) is 2.88. The van der Waals surface area contributed by atoms with E-state index in [9.17, 15) is 9.59 Å². The molecule has 1 amide bonds. The van der Waals surface area contributed by atoms with Gasteiger partial charge in [-0.15, -0.1) is 11.3 Å². The molecule has 0 fully saturated rings. The maximum Gasteiger partial charge on any atom is 0.319 e. The summed E-state index contributed by atoms with van der Waals surface area (Å²) in [5.74, 6) is -1.52. The van der Waals surface area contributed by atoms with Gasteiger partial charge in [0.2, 0.25) is 5.91 Å². The summed E-state index contributed by atoms with van der Waals surface area (Å²) in [4.78, 5) is 26.5. The Balaban J connectivity index is 2.71. The van der Waals surface area contributed by atoms with Gasteiger partial charge in [-0.05, 0) is 31.4 Å². The highest BCUT2D eigenvalue weighted by atomic mass is 32.1. The second kappa shape index (κ2) is 6.88. The van der Waals surface area contributed by atoms with E-state index in [1.807, 2.05) is 39.8 Å². The van der Waals surface area contributed by atoms with Crippen LogP contribution in [-0.4, -0.2) is 18.5 Å². The van der Waals surface area contributed by atoms with Crippen LogP contribution in [0.4, 0.5) is 0 Å². The predicted molar refractivity (Wildman–Crippen MR) is 80.5 cm³/mol. The third kappa shape index (κ3) is 4.63. The average Bonchev–Trinajstić information content (AvgIpc) is 2.71. The Morgan fingerprint density at radius 2 is 2.00 bits per heavy atom. The van der Waals surface area contributed by atoms with Crippen LogP contribution >= 0.6 is 11.3 Å². The Morgan fingerprint density at radius 3 is 2.45 bits per heavy atom. The minimum Gasteiger partial charge on any atom is -0.465 e. The van der Waals surface area contributed by atoms with Gasteiger partial charge in [-0.25, -0.2) is 0 Å². The molecule has 0 radical (unpaired) electrons. The van der Waals surface area contributed by atoms with Gasteiger partial charge in [-0.2, -0.15) is 0 Å². The molecule has 0 saturated carbocycles. The van der Waals surface area contributed by atoms with E-state index in [0.29, 0.717) is 6.54 Å². The van der Waals surface area contributed by atoms with Crippen LogP contribution < -0.4 is 5.32 Å². The molecule has 1 aromatic heterocycles. The van der Waals surface area contributed by atoms with Crippen LogP contribution in [0.1, 0.15) is 37.4 Å². The van der Waals surface area contributed by atoms with Crippen molar-refractivity contribution >= 4 is 23.2 Å². The van der Waals surface area contributed by atoms with E-state index in [0.717, 1.165) is 4.88 Å². The van der Waals surface area contributed by atoms with Gasteiger partial charge >= 0.3 is 5.97 Å². The maximum atomic E-state index is 12.3. The monoisotopic (exact) mass is 297 g/mol. The lowest BCUT2D eigenvalue weighted by molar-refractivity contribution is -0.156. The van der Waals surface area contributed by atoms with Crippen LogP contribution in [0.2, 0.25) is 0 Å². The number of thiophene rings is 1. The summed E-state index contributed by atoms with van der Waals surface area (Å²) in [7, 11) is 0. The number of esters is 1. The molecule has 1 heterocycles. The van der Waals surface area contributed by atoms with E-state index >= 15 is 0 Å². The molecule has 20 heavy (non-hydrogen) atoms. The van der Waals surface area contributed by atoms with Gasteiger partial charge in [0, 0.05) is 9.75 Å². The Hall–Kier alpha value is -1.36. The van der Waals surface area contributed by atoms with E-state index in [4.69, 9.17) is 4.74 Å². The molecule has 0 aliphatic carbocycles. The molecule has 112 valence electrons. The van der Waals surface area contributed by atoms with Crippen molar-refractivity contribution < 1.29 is 14.3 Å². The number of hydrogen-bond acceptors (Lipinski definition) is 4. The second-order valence-corrected chi connectivity index (χ2v) is 7.15. The smallest absolute Gasteiger partial charge is 0.319 e. The molecule has 4 nitrogen and oxygen atoms in total. The summed E-state index contributed by atoms with van der Waals surface area (Å²) in [6.45, 7) is 10.1. The quantitative estimate of drug-likeness (QED) is 0.671. The summed E-state index contributed by atoms with van der Waals surface area (Å²) < 4.78 is 5.01. The van der Waals surface area contributed by atoms with Gasteiger partial charge in [-0.3, -0.25) is 9.59 Å². The largest absolute Gasteiger partial charge is 0.465 e. The molecule has 1 unspecified atom stereocenters. The van der Waals surface area contributed by atoms with E-state index in [-0.39, 0.29) is 12.5 Å². The van der Waals surface area contributed by atoms with Gasteiger partial charge in [0.05, 0.1) is 13.2 Å². The fourth-order valence-electron chi connectivity index (χ4n) is 1.94. The van der Waals surface area contributed by atoms with Gasteiger partial charge < -0.3 is 10.1 Å². The molecule has 5 heteroatoms. The Kier molecular flexibility index (Phi) is 5.74. The first-order chi connectivity index (χ1) is 9.25. The summed E-state index contributed by atoms with van der Waals surface area (Å²) in [5, 5.41) is 2.83. The molecule has 0 aliphatic rings. The highest BCUT2D eigenvalue weighted by Gasteiger charge is 2.38. The van der Waals surface area contributed by atoms with Gasteiger partial charge in [-0.1, -0.05) is 20.8 Å². The lowest BCUT2D eigenvalue weighted by Gasteiger charge is -2.27. The first kappa shape index (κ1) is 16.7. The molecule has 0 saturated heterocycles. The van der Waals surface area contributed by atoms with E-state index in [2.05, 4.69) is 5.32 Å². The van der Waals surface area contributed by atoms with Crippen LogP contribution in [0.15, 0.2) is 12.1 Å². The molecule has 0 spiro atoms. The Labute approximate surface area is 124 Å². The summed E-state index contributed by atoms with van der Waals surface area (Å²) in [5.41, 5.74) is -0.471. The highest BCUT2D eigenvalue weighted by molar-refractivity contribution is 7.11. The highest BCUT2D eigenvalue weighted by Crippen LogP contribution is 2.27. The minimum absolute atomic E-state index is 0.276. The fourth-order valence-corrected chi connectivity index (χ4v) is 2.77. The molecule has 1 N–H and O–H groups in total. The van der Waals surface area contributed by atoms with Crippen molar-refractivity contribution in [3.63, 3.8) is 0 Å². The zero-order valence-corrected chi connectivity index (χ0v) is 13.6. The zero-order valence-electron chi connectivity index (χ0n) is 12.8. The minimum atomic E-state index is -0.788. The second-order valence-electron chi connectivity index (χ2n) is 5.78. The SMILES string of the molecule is CCOC(=O)C(C(=O)NCc1ccc(C)s1)C(C)(C)C. The van der Waals surface area contributed by atoms with Crippen molar-refractivity contribution in [3.8, 4) is 0 Å². The number of nitrogens with one attached hydrogen (secondary N) is 1. The van der Waals surface area contributed by atoms with Crippen molar-refractivity contribution in [1.29, 1.82) is 0 Å². The van der Waals surface area contributed by atoms with Crippen molar-refractivity contribution in [1.82, 2.24) is 5.32 Å². The summed E-state index contributed by atoms with van der Waals surface area (Å²) in [6, 6.07) is 4.00. The van der Waals surface area contributed by atoms with Crippen molar-refractivity contribution in [3.05, 3.63) is 21.9 Å². The summed E-state index contributed by atoms with van der Waals surface area (Å²) in [6.07, 6.45) is 0. The Morgan fingerprint density at radius 1 is 1.35 bits per heavy atom. The molecular weight excluding hydrogens is 274 g/mol. The van der Waals surface area contributed by atoms with Gasteiger partial charge in [0.25, 0.3) is 0 Å². The number of rotatable bonds is 5. The molecule has 0 bridgehead atoms. The van der Waals surface area contributed by atoms with Crippen LogP contribution in [0.3, 0.4) is 0 Å². The average molecular weight is 297 g/mol. The van der Waals surface area contributed by atoms with E-state index in [1.165, 1.54) is 4.88 Å². The molecule has 0 aromatic carbocycles. The van der Waals surface area contributed by atoms with Crippen LogP contribution in [0.25, 0.3) is 0 Å². The number of amides is 1. The number of aryl methyl sites for hydroxylation is 1. The van der Waals surface area contributed by atoms with Crippen LogP contribution in [0, 0.1) is 18.3 Å². The van der Waals surface area contributed by atoms with Crippen LogP contribution in [0.5, 0.6) is 0 Å². The molecule has 0 aliphatic heterocycles. The third-order valence-corrected chi connectivity index (χ3v) is 3.88. The number of hydrogen-bond donors (Lipinski definition) is 1. The van der Waals surface area contributed by atoms with E-state index < -0.39 is 17.3 Å². The topological polar surface area (TPSA) is 55.4 Å². The normalized spacial score (nSPS) is 12.8. The lowest BCUT2D eigenvalue weighted by Crippen LogP contribution is -2.43. The molecular formula is C15H23NO3S. The fraction of sp³-hybridized carbons (Fsp3) is 0.600. The van der Waals surface area contributed by atoms with Crippen molar-refractivity contribution in [2.24, 2.45) is 11.3 Å². The number of ether oxygens (including phenoxy) is 1. The molecule has 1 aromatic rings. The lowest BCUT2D eigenvalue weighted by atomic mass is 9.80. The van der Waals surface area contributed by atoms with Gasteiger partial charge in [0.15, 0.2) is 0 Å². The molecule has 1 rings (SSSR count). The maximum absolute atomic E-state index is 12.3. The predicted octanol–water partition coefficient (Wildman–Crippen LogP) is 2.90. The number of carbonyl (C=O) groups is 2. The van der Waals surface area contributed by atoms with E-state index in [1.54, 1.807) is 18.3 Å². The first-order valence-corrected chi connectivity index (χ1v) is 7.57. The first-order valence-electron chi connectivity index (χ1n) is 6.75. The van der Waals surface area contributed by atoms with Gasteiger partial charge in [0.1, 0.15) is 5.92 Å². The van der Waals surface area contributed by atoms with Crippen molar-refractivity contribution in [2.75, 3.05) is 6.61 Å². The van der Waals surface area contributed by atoms with Crippen LogP contribution in [-0.2, 0) is 20.9 Å². The Bertz CT molecular complexity index is 474. The summed E-state index contributed by atoms with van der Waals surface area (Å²) >= 11 is 1.64. The zero-order chi connectivity index (χ0) is 15.3. The molecule has 1 atom stereocenters. The number of carbonyl (C=O) groups excluding carboxylic acids is 2. The standard InChI is InChI=1S/C15H23NO3S/c1-6-19-14(18)12(15(3,4)5)13(17)16-9-11-8-7-10(2)20-11/h7-8,12H,6,9H2,1-5H3,(H,16,17). The van der Waals surface area contributed by atoms with Crippen molar-refractivity contribution in [2.45, 2.75) is 41.2 Å².